The fourth-order valence-electron chi connectivity index (χ4n) is 2.91. The van der Waals surface area contributed by atoms with Crippen molar-refractivity contribution in [3.8, 4) is 0 Å². The van der Waals surface area contributed by atoms with Gasteiger partial charge in [-0.1, -0.05) is 44.2 Å². The number of nitrogens with one attached hydrogen (secondary N) is 1. The molecule has 3 rings (SSSR count). The third kappa shape index (κ3) is 4.68. The quantitative estimate of drug-likeness (QED) is 0.575. The largest absolute Gasteiger partial charge is 0.452 e. The number of fused-ring (bicyclic) bond motifs is 1. The first-order valence-electron chi connectivity index (χ1n) is 9.35. The second kappa shape index (κ2) is 8.68. The summed E-state index contributed by atoms with van der Waals surface area (Å²) in [7, 11) is 0. The number of carbonyl (C=O) groups excluding carboxylic acids is 4. The van der Waals surface area contributed by atoms with E-state index in [9.17, 15) is 19.2 Å². The number of esters is 1. The van der Waals surface area contributed by atoms with Gasteiger partial charge in [-0.05, 0) is 29.7 Å². The van der Waals surface area contributed by atoms with Crippen LogP contribution in [-0.2, 0) is 16.1 Å². The molecular weight excluding hydrogens is 372 g/mol. The van der Waals surface area contributed by atoms with Gasteiger partial charge in [-0.3, -0.25) is 19.3 Å². The van der Waals surface area contributed by atoms with Crippen molar-refractivity contribution in [3.63, 3.8) is 0 Å². The van der Waals surface area contributed by atoms with E-state index in [4.69, 9.17) is 4.74 Å². The van der Waals surface area contributed by atoms with Crippen LogP contribution in [0.1, 0.15) is 50.5 Å². The zero-order chi connectivity index (χ0) is 21.0. The zero-order valence-corrected chi connectivity index (χ0v) is 16.3. The highest BCUT2D eigenvalue weighted by molar-refractivity contribution is 6.21. The summed E-state index contributed by atoms with van der Waals surface area (Å²) in [6.45, 7) is 4.15. The Kier molecular flexibility index (Phi) is 6.07. The Bertz CT molecular complexity index is 953. The molecule has 0 unspecified atom stereocenters. The minimum absolute atomic E-state index is 0.114. The molecule has 0 saturated carbocycles. The number of imide groups is 1. The number of benzene rings is 2. The van der Waals surface area contributed by atoms with E-state index in [2.05, 4.69) is 5.32 Å². The van der Waals surface area contributed by atoms with E-state index in [0.717, 1.165) is 10.5 Å². The molecule has 7 heteroatoms. The molecule has 1 aliphatic heterocycles. The lowest BCUT2D eigenvalue weighted by atomic mass is 10.1. The second-order valence-corrected chi connectivity index (χ2v) is 7.22. The van der Waals surface area contributed by atoms with Gasteiger partial charge < -0.3 is 10.1 Å². The lowest BCUT2D eigenvalue weighted by molar-refractivity contribution is -0.124. The Labute approximate surface area is 168 Å². The van der Waals surface area contributed by atoms with Gasteiger partial charge in [0.2, 0.25) is 0 Å². The van der Waals surface area contributed by atoms with Gasteiger partial charge in [-0.2, -0.15) is 0 Å². The van der Waals surface area contributed by atoms with Crippen LogP contribution in [0.3, 0.4) is 0 Å². The molecular formula is C22H22N2O5. The van der Waals surface area contributed by atoms with Crippen LogP contribution in [0.5, 0.6) is 0 Å². The van der Waals surface area contributed by atoms with Crippen LogP contribution in [0.25, 0.3) is 0 Å². The highest BCUT2D eigenvalue weighted by Gasteiger charge is 2.36. The van der Waals surface area contributed by atoms with Crippen LogP contribution >= 0.6 is 0 Å². The zero-order valence-electron chi connectivity index (χ0n) is 16.3. The minimum Gasteiger partial charge on any atom is -0.452 e. The molecule has 0 atom stereocenters. The average Bonchev–Trinajstić information content (AvgIpc) is 2.95. The summed E-state index contributed by atoms with van der Waals surface area (Å²) in [6, 6.07) is 13.4. The van der Waals surface area contributed by atoms with Crippen LogP contribution in [0.15, 0.2) is 48.5 Å². The summed E-state index contributed by atoms with van der Waals surface area (Å²) < 4.78 is 5.01. The predicted molar refractivity (Wildman–Crippen MR) is 105 cm³/mol. The summed E-state index contributed by atoms with van der Waals surface area (Å²) in [6.07, 6.45) is 0. The van der Waals surface area contributed by atoms with Gasteiger partial charge in [-0.15, -0.1) is 0 Å². The van der Waals surface area contributed by atoms with Crippen molar-refractivity contribution in [1.29, 1.82) is 0 Å². The van der Waals surface area contributed by atoms with E-state index < -0.39 is 30.3 Å². The van der Waals surface area contributed by atoms with E-state index in [1.54, 1.807) is 0 Å². The van der Waals surface area contributed by atoms with Crippen LogP contribution in [-0.4, -0.2) is 41.7 Å². The standard InChI is InChI=1S/C22H22N2O5/c1-14(2)11-23-19(25)13-29-22(28)16-8-9-17-18(10-16)21(27)24(20(17)26)12-15-6-4-3-5-7-15/h3-10,14H,11-13H2,1-2H3,(H,23,25). The maximum atomic E-state index is 12.7. The van der Waals surface area contributed by atoms with Crippen molar-refractivity contribution in [1.82, 2.24) is 10.2 Å². The first-order valence-corrected chi connectivity index (χ1v) is 9.35. The van der Waals surface area contributed by atoms with Crippen molar-refractivity contribution in [3.05, 3.63) is 70.8 Å². The molecule has 0 saturated heterocycles. The molecule has 2 aromatic rings. The number of ether oxygens (including phenoxy) is 1. The number of hydrogen-bond donors (Lipinski definition) is 1. The Morgan fingerprint density at radius 2 is 1.69 bits per heavy atom. The van der Waals surface area contributed by atoms with E-state index in [1.807, 2.05) is 44.2 Å². The van der Waals surface area contributed by atoms with E-state index in [0.29, 0.717) is 6.54 Å². The van der Waals surface area contributed by atoms with Gasteiger partial charge in [-0.25, -0.2) is 4.79 Å². The maximum absolute atomic E-state index is 12.7. The molecule has 150 valence electrons. The molecule has 7 nitrogen and oxygen atoms in total. The third-order valence-corrected chi connectivity index (χ3v) is 4.43. The summed E-state index contributed by atoms with van der Waals surface area (Å²) in [4.78, 5) is 50.3. The molecule has 0 spiro atoms. The molecule has 0 aliphatic carbocycles. The Morgan fingerprint density at radius 3 is 2.38 bits per heavy atom. The van der Waals surface area contributed by atoms with Crippen LogP contribution in [0, 0.1) is 5.92 Å². The van der Waals surface area contributed by atoms with Gasteiger partial charge in [0.25, 0.3) is 17.7 Å². The van der Waals surface area contributed by atoms with Crippen molar-refractivity contribution in [2.75, 3.05) is 13.2 Å². The SMILES string of the molecule is CC(C)CNC(=O)COC(=O)c1ccc2c(c1)C(=O)N(Cc1ccccc1)C2=O. The molecule has 2 aromatic carbocycles. The average molecular weight is 394 g/mol. The van der Waals surface area contributed by atoms with Crippen molar-refractivity contribution < 1.29 is 23.9 Å². The first-order chi connectivity index (χ1) is 13.9. The number of rotatable bonds is 7. The monoisotopic (exact) mass is 394 g/mol. The van der Waals surface area contributed by atoms with Gasteiger partial charge in [0.1, 0.15) is 0 Å². The van der Waals surface area contributed by atoms with Crippen molar-refractivity contribution in [2.24, 2.45) is 5.92 Å². The first kappa shape index (κ1) is 20.3. The predicted octanol–water partition coefficient (Wildman–Crippen LogP) is 2.41. The molecule has 1 aliphatic rings. The van der Waals surface area contributed by atoms with Crippen LogP contribution in [0.2, 0.25) is 0 Å². The van der Waals surface area contributed by atoms with Crippen LogP contribution in [0.4, 0.5) is 0 Å². The third-order valence-electron chi connectivity index (χ3n) is 4.43. The Morgan fingerprint density at radius 1 is 1.00 bits per heavy atom. The fourth-order valence-corrected chi connectivity index (χ4v) is 2.91. The van der Waals surface area contributed by atoms with E-state index in [1.165, 1.54) is 18.2 Å². The van der Waals surface area contributed by atoms with Gasteiger partial charge in [0.05, 0.1) is 23.2 Å². The van der Waals surface area contributed by atoms with Crippen LogP contribution < -0.4 is 5.32 Å². The number of nitrogens with zero attached hydrogens (tertiary/aromatic N) is 1. The van der Waals surface area contributed by atoms with E-state index in [-0.39, 0.29) is 29.2 Å². The van der Waals surface area contributed by atoms with Gasteiger partial charge >= 0.3 is 5.97 Å². The minimum atomic E-state index is -0.728. The molecule has 1 heterocycles. The number of hydrogen-bond acceptors (Lipinski definition) is 5. The highest BCUT2D eigenvalue weighted by atomic mass is 16.5. The number of carbonyl (C=O) groups is 4. The molecule has 0 fully saturated rings. The molecule has 3 amide bonds. The van der Waals surface area contributed by atoms with Gasteiger partial charge in [0, 0.05) is 6.54 Å². The Hall–Kier alpha value is -3.48. The smallest absolute Gasteiger partial charge is 0.338 e. The summed E-state index contributed by atoms with van der Waals surface area (Å²) >= 11 is 0. The van der Waals surface area contributed by atoms with Gasteiger partial charge in [0.15, 0.2) is 6.61 Å². The highest BCUT2D eigenvalue weighted by Crippen LogP contribution is 2.26. The number of amides is 3. The maximum Gasteiger partial charge on any atom is 0.338 e. The lowest BCUT2D eigenvalue weighted by Gasteiger charge is -2.13. The van der Waals surface area contributed by atoms with E-state index >= 15 is 0 Å². The normalized spacial score (nSPS) is 12.9. The van der Waals surface area contributed by atoms with Crippen molar-refractivity contribution >= 4 is 23.7 Å². The fraction of sp³-hybridized carbons (Fsp3) is 0.273. The summed E-state index contributed by atoms with van der Waals surface area (Å²) in [5.74, 6) is -1.70. The molecule has 0 bridgehead atoms. The van der Waals surface area contributed by atoms with Crippen molar-refractivity contribution in [2.45, 2.75) is 20.4 Å². The molecule has 0 aromatic heterocycles. The lowest BCUT2D eigenvalue weighted by Crippen LogP contribution is -2.31. The second-order valence-electron chi connectivity index (χ2n) is 7.22. The molecule has 1 N–H and O–H groups in total. The molecule has 0 radical (unpaired) electrons. The molecule has 29 heavy (non-hydrogen) atoms. The summed E-state index contributed by atoms with van der Waals surface area (Å²) in [5, 5.41) is 2.65. The summed E-state index contributed by atoms with van der Waals surface area (Å²) in [5.41, 5.74) is 1.35. The topological polar surface area (TPSA) is 92.8 Å². The Balaban J connectivity index is 1.67.